The third-order valence-electron chi connectivity index (χ3n) is 7.40. The van der Waals surface area contributed by atoms with Crippen LogP contribution >= 0.6 is 0 Å². The molecule has 0 aromatic heterocycles. The molecule has 0 spiro atoms. The molecule has 1 aliphatic carbocycles. The Morgan fingerprint density at radius 3 is 1.07 bits per heavy atom. The van der Waals surface area contributed by atoms with Crippen molar-refractivity contribution in [2.24, 2.45) is 0 Å². The van der Waals surface area contributed by atoms with Crippen LogP contribution in [-0.2, 0) is 6.42 Å². The van der Waals surface area contributed by atoms with Gasteiger partial charge in [-0.3, -0.25) is 0 Å². The number of benzene rings is 5. The largest absolute Gasteiger partial charge is 0.203 e. The highest BCUT2D eigenvalue weighted by molar-refractivity contribution is 6.05. The van der Waals surface area contributed by atoms with E-state index in [1.165, 1.54) is 0 Å². The minimum Gasteiger partial charge on any atom is -0.203 e. The zero-order valence-electron chi connectivity index (χ0n) is 21.8. The van der Waals surface area contributed by atoms with Crippen molar-refractivity contribution in [1.29, 1.82) is 0 Å². The average Bonchev–Trinajstić information content (AvgIpc) is 3.02. The molecule has 0 radical (unpaired) electrons. The lowest BCUT2D eigenvalue weighted by molar-refractivity contribution is 0.376. The zero-order valence-corrected chi connectivity index (χ0v) is 21.8. The Balaban J connectivity index is 1.74. The van der Waals surface area contributed by atoms with Crippen LogP contribution in [0.3, 0.4) is 0 Å². The van der Waals surface area contributed by atoms with Crippen molar-refractivity contribution in [3.8, 4) is 22.3 Å². The van der Waals surface area contributed by atoms with Gasteiger partial charge < -0.3 is 0 Å². The molecule has 0 bridgehead atoms. The van der Waals surface area contributed by atoms with Crippen molar-refractivity contribution in [3.05, 3.63) is 128 Å². The van der Waals surface area contributed by atoms with Gasteiger partial charge in [-0.25, -0.2) is 65.9 Å². The number of hydrogen-bond donors (Lipinski definition) is 0. The number of rotatable bonds is 3. The van der Waals surface area contributed by atoms with Crippen LogP contribution in [0.2, 0.25) is 0 Å². The highest BCUT2D eigenvalue weighted by atomic mass is 19.2. The summed E-state index contributed by atoms with van der Waals surface area (Å²) in [5, 5.41) is -0.492. The molecular formula is C31H7F15. The van der Waals surface area contributed by atoms with Crippen molar-refractivity contribution in [2.75, 3.05) is 0 Å². The summed E-state index contributed by atoms with van der Waals surface area (Å²) in [6, 6.07) is 2.95. The Morgan fingerprint density at radius 2 is 0.674 bits per heavy atom. The number of allylic oxidation sites excluding steroid dienone is 1. The molecule has 1 aliphatic rings. The van der Waals surface area contributed by atoms with Gasteiger partial charge in [0.15, 0.2) is 69.8 Å². The minimum atomic E-state index is -2.54. The Labute approximate surface area is 245 Å². The lowest BCUT2D eigenvalue weighted by Crippen LogP contribution is -2.10. The summed E-state index contributed by atoms with van der Waals surface area (Å²) in [5.41, 5.74) is -7.75. The second kappa shape index (κ2) is 10.6. The molecule has 0 atom stereocenters. The molecular weight excluding hydrogens is 657 g/mol. The van der Waals surface area contributed by atoms with Crippen molar-refractivity contribution >= 4 is 22.4 Å². The van der Waals surface area contributed by atoms with Gasteiger partial charge in [-0.2, -0.15) is 0 Å². The summed E-state index contributed by atoms with van der Waals surface area (Å²) in [5.74, 6) is -36.0. The van der Waals surface area contributed by atoms with Crippen molar-refractivity contribution in [2.45, 2.75) is 6.42 Å². The van der Waals surface area contributed by atoms with Crippen molar-refractivity contribution in [3.63, 3.8) is 0 Å². The maximum atomic E-state index is 14.8. The van der Waals surface area contributed by atoms with E-state index < -0.39 is 127 Å². The first kappa shape index (κ1) is 31.0. The van der Waals surface area contributed by atoms with E-state index >= 15 is 0 Å². The summed E-state index contributed by atoms with van der Waals surface area (Å²) in [6.07, 6.45) is -0.0474. The van der Waals surface area contributed by atoms with E-state index in [4.69, 9.17) is 0 Å². The van der Waals surface area contributed by atoms with Gasteiger partial charge in [-0.1, -0.05) is 0 Å². The van der Waals surface area contributed by atoms with Crippen LogP contribution in [0.4, 0.5) is 65.9 Å². The minimum absolute atomic E-state index is 0.104. The molecule has 0 heterocycles. The smallest absolute Gasteiger partial charge is 0.200 e. The molecule has 0 amide bonds. The quantitative estimate of drug-likeness (QED) is 0.102. The van der Waals surface area contributed by atoms with Gasteiger partial charge in [0.05, 0.1) is 16.7 Å². The first-order valence-corrected chi connectivity index (χ1v) is 12.4. The molecule has 0 saturated carbocycles. The van der Waals surface area contributed by atoms with Gasteiger partial charge in [-0.15, -0.1) is 0 Å². The summed E-state index contributed by atoms with van der Waals surface area (Å²) in [6.45, 7) is 0. The molecule has 0 unspecified atom stereocenters. The molecule has 0 aliphatic heterocycles. The zero-order chi connectivity index (χ0) is 33.7. The summed E-state index contributed by atoms with van der Waals surface area (Å²) < 4.78 is 215. The number of halogens is 15. The van der Waals surface area contributed by atoms with E-state index in [2.05, 4.69) is 0 Å². The van der Waals surface area contributed by atoms with E-state index in [-0.39, 0.29) is 21.9 Å². The molecule has 0 nitrogen and oxygen atoms in total. The molecule has 5 aromatic carbocycles. The van der Waals surface area contributed by atoms with Gasteiger partial charge in [-0.05, 0) is 75.4 Å². The fourth-order valence-electron chi connectivity index (χ4n) is 5.39. The lowest BCUT2D eigenvalue weighted by Gasteiger charge is -2.22. The van der Waals surface area contributed by atoms with Gasteiger partial charge in [0, 0.05) is 0 Å². The topological polar surface area (TPSA) is 0 Å². The van der Waals surface area contributed by atoms with Crippen molar-refractivity contribution in [1.82, 2.24) is 0 Å². The molecule has 15 heteroatoms. The highest BCUT2D eigenvalue weighted by Gasteiger charge is 2.32. The van der Waals surface area contributed by atoms with Crippen LogP contribution < -0.4 is 0 Å². The van der Waals surface area contributed by atoms with Gasteiger partial charge in [0.1, 0.15) is 0 Å². The van der Waals surface area contributed by atoms with E-state index in [1.807, 2.05) is 0 Å². The first-order chi connectivity index (χ1) is 21.6. The standard InChI is InChI=1S/C31H7F15/c32-17-14(18(33)24(39)29(44)23(17)38)10-1-7-2-11(15-19(34)25(40)30(45)26(41)20(15)35)5-9-6-12(4-8(3-10)13(7)9)16-21(36)27(42)31(46)28(43)22(16)37/h1-5H,6H2. The Hall–Kier alpha value is -4.95. The third-order valence-corrected chi connectivity index (χ3v) is 7.40. The summed E-state index contributed by atoms with van der Waals surface area (Å²) >= 11 is 0. The monoisotopic (exact) mass is 664 g/mol. The van der Waals surface area contributed by atoms with Gasteiger partial charge >= 0.3 is 0 Å². The molecule has 236 valence electrons. The van der Waals surface area contributed by atoms with Crippen LogP contribution in [0.5, 0.6) is 0 Å². The van der Waals surface area contributed by atoms with Crippen LogP contribution in [-0.4, -0.2) is 0 Å². The Bertz CT molecular complexity index is 2140. The van der Waals surface area contributed by atoms with Crippen LogP contribution in [0.15, 0.2) is 24.3 Å². The lowest BCUT2D eigenvalue weighted by atomic mass is 9.82. The van der Waals surface area contributed by atoms with Gasteiger partial charge in [0.2, 0.25) is 17.5 Å². The third kappa shape index (κ3) is 4.27. The van der Waals surface area contributed by atoms with E-state index in [0.29, 0.717) is 0 Å². The molecule has 6 rings (SSSR count). The molecule has 46 heavy (non-hydrogen) atoms. The second-order valence-corrected chi connectivity index (χ2v) is 9.98. The fraction of sp³-hybridized carbons (Fsp3) is 0.0323. The number of hydrogen-bond acceptors (Lipinski definition) is 0. The Morgan fingerprint density at radius 1 is 0.348 bits per heavy atom. The van der Waals surface area contributed by atoms with E-state index in [1.54, 1.807) is 0 Å². The maximum Gasteiger partial charge on any atom is 0.200 e. The Kier molecular flexibility index (Phi) is 7.13. The predicted molar refractivity (Wildman–Crippen MR) is 132 cm³/mol. The van der Waals surface area contributed by atoms with Crippen LogP contribution in [0.25, 0.3) is 44.7 Å². The first-order valence-electron chi connectivity index (χ1n) is 12.4. The summed E-state index contributed by atoms with van der Waals surface area (Å²) in [7, 11) is 0. The maximum absolute atomic E-state index is 14.8. The van der Waals surface area contributed by atoms with E-state index in [0.717, 1.165) is 30.3 Å². The van der Waals surface area contributed by atoms with Crippen LogP contribution in [0, 0.1) is 87.3 Å². The predicted octanol–water partition coefficient (Wildman–Crippen LogP) is 10.4. The fourth-order valence-corrected chi connectivity index (χ4v) is 5.39. The average molecular weight is 664 g/mol. The molecule has 5 aromatic rings. The molecule has 0 saturated heterocycles. The highest BCUT2D eigenvalue weighted by Crippen LogP contribution is 2.44. The van der Waals surface area contributed by atoms with Crippen molar-refractivity contribution < 1.29 is 65.9 Å². The molecule has 0 fully saturated rings. The van der Waals surface area contributed by atoms with E-state index in [9.17, 15) is 65.9 Å². The van der Waals surface area contributed by atoms with Gasteiger partial charge in [0.25, 0.3) is 0 Å². The summed E-state index contributed by atoms with van der Waals surface area (Å²) in [4.78, 5) is 0. The SMILES string of the molecule is Fc1c(F)c(F)c(C2=Cc3cc(-c4c(F)c(F)c(F)c(F)c4F)cc4cc(-c5c(F)c(F)c(F)c(F)c5F)cc(c34)C2)c(F)c1F. The molecule has 0 N–H and O–H groups in total. The second-order valence-electron chi connectivity index (χ2n) is 9.98. The van der Waals surface area contributed by atoms with Crippen LogP contribution in [0.1, 0.15) is 16.7 Å². The normalized spacial score (nSPS) is 12.7.